The molecule has 1 fully saturated rings. The van der Waals surface area contributed by atoms with Crippen LogP contribution in [0.15, 0.2) is 0 Å². The lowest BCUT2D eigenvalue weighted by Gasteiger charge is -2.37. The van der Waals surface area contributed by atoms with Crippen LogP contribution in [-0.2, 0) is 0 Å². The number of unbranched alkanes of at least 4 members (excludes halogenated alkanes) is 5. The monoisotopic (exact) mass is 368 g/mol. The first-order valence-corrected chi connectivity index (χ1v) is 10.8. The summed E-state index contributed by atoms with van der Waals surface area (Å²) in [5.74, 6) is 2.57. The summed E-state index contributed by atoms with van der Waals surface area (Å²) in [6, 6.07) is 0. The first-order chi connectivity index (χ1) is 9.18. The smallest absolute Gasteiger partial charge is 0.0635 e. The minimum absolute atomic E-state index is 0.156. The zero-order valence-corrected chi connectivity index (χ0v) is 15.4. The van der Waals surface area contributed by atoms with Gasteiger partial charge in [0.1, 0.15) is 0 Å². The molecule has 0 saturated carbocycles. The molecule has 19 heavy (non-hydrogen) atoms. The van der Waals surface area contributed by atoms with Crippen molar-refractivity contribution in [3.63, 3.8) is 0 Å². The Morgan fingerprint density at radius 2 is 1.63 bits per heavy atom. The first kappa shape index (κ1) is 18.2. The van der Waals surface area contributed by atoms with Gasteiger partial charge in [-0.15, -0.1) is 23.5 Å². The molecule has 1 aliphatic rings. The predicted molar refractivity (Wildman–Crippen MR) is 94.7 cm³/mol. The van der Waals surface area contributed by atoms with E-state index < -0.39 is 0 Å². The van der Waals surface area contributed by atoms with Crippen molar-refractivity contribution in [2.24, 2.45) is 0 Å². The van der Waals surface area contributed by atoms with Gasteiger partial charge in [-0.2, -0.15) is 0 Å². The van der Waals surface area contributed by atoms with Crippen LogP contribution in [0.3, 0.4) is 0 Å². The summed E-state index contributed by atoms with van der Waals surface area (Å²) >= 11 is 7.70. The molecular formula is C15H29BrOS2. The molecule has 0 aromatic heterocycles. The van der Waals surface area contributed by atoms with E-state index >= 15 is 0 Å². The Bertz CT molecular complexity index is 218. The van der Waals surface area contributed by atoms with E-state index in [-0.39, 0.29) is 6.10 Å². The Balaban J connectivity index is 2.18. The minimum Gasteiger partial charge on any atom is -0.393 e. The molecule has 1 heterocycles. The van der Waals surface area contributed by atoms with Crippen LogP contribution in [0.4, 0.5) is 0 Å². The zero-order valence-electron chi connectivity index (χ0n) is 12.2. The Kier molecular flexibility index (Phi) is 10.3. The van der Waals surface area contributed by atoms with Gasteiger partial charge in [0.2, 0.25) is 0 Å². The van der Waals surface area contributed by atoms with E-state index in [2.05, 4.69) is 39.5 Å². The van der Waals surface area contributed by atoms with Gasteiger partial charge in [0.15, 0.2) is 0 Å². The number of thioether (sulfide) groups is 2. The van der Waals surface area contributed by atoms with Gasteiger partial charge >= 0.3 is 0 Å². The average molecular weight is 369 g/mol. The summed E-state index contributed by atoms with van der Waals surface area (Å²) in [6.45, 7) is 1.94. The maximum absolute atomic E-state index is 9.74. The van der Waals surface area contributed by atoms with Gasteiger partial charge in [-0.05, 0) is 44.1 Å². The Morgan fingerprint density at radius 1 is 1.05 bits per heavy atom. The normalized spacial score (nSPS) is 20.4. The molecule has 0 unspecified atom stereocenters. The molecule has 114 valence electrons. The molecule has 0 aromatic rings. The largest absolute Gasteiger partial charge is 0.393 e. The van der Waals surface area contributed by atoms with Crippen molar-refractivity contribution in [3.05, 3.63) is 0 Å². The number of hydrogen-bond donors (Lipinski definition) is 1. The molecule has 1 N–H and O–H groups in total. The fraction of sp³-hybridized carbons (Fsp3) is 1.00. The maximum Gasteiger partial charge on any atom is 0.0635 e. The van der Waals surface area contributed by atoms with Crippen LogP contribution >= 0.6 is 39.5 Å². The number of halogens is 1. The third kappa shape index (κ3) is 8.23. The van der Waals surface area contributed by atoms with Crippen LogP contribution in [0, 0.1) is 0 Å². The van der Waals surface area contributed by atoms with Crippen LogP contribution in [0.25, 0.3) is 0 Å². The van der Waals surface area contributed by atoms with Crippen molar-refractivity contribution in [1.29, 1.82) is 0 Å². The highest BCUT2D eigenvalue weighted by Crippen LogP contribution is 2.48. The predicted octanol–water partition coefficient (Wildman–Crippen LogP) is 5.45. The number of rotatable bonds is 10. The standard InChI is InChI=1S/C15H29BrOS2/c1-14(17)13-15(18-11-8-12-19-15)9-6-4-2-3-5-7-10-16/h14,17H,2-13H2,1H3/t14-/m0/s1. The van der Waals surface area contributed by atoms with Crippen molar-refractivity contribution in [3.8, 4) is 0 Å². The average Bonchev–Trinajstić information content (AvgIpc) is 2.38. The highest BCUT2D eigenvalue weighted by molar-refractivity contribution is 9.09. The number of aliphatic hydroxyl groups excluding tert-OH is 1. The van der Waals surface area contributed by atoms with Crippen molar-refractivity contribution < 1.29 is 5.11 Å². The molecular weight excluding hydrogens is 340 g/mol. The molecule has 1 rings (SSSR count). The number of hydrogen-bond acceptors (Lipinski definition) is 3. The third-order valence-corrected chi connectivity index (χ3v) is 7.61. The second-order valence-corrected chi connectivity index (χ2v) is 9.58. The van der Waals surface area contributed by atoms with E-state index in [0.717, 1.165) is 11.8 Å². The second kappa shape index (κ2) is 10.8. The fourth-order valence-corrected chi connectivity index (χ4v) is 6.66. The summed E-state index contributed by atoms with van der Waals surface area (Å²) in [5, 5.41) is 10.9. The first-order valence-electron chi connectivity index (χ1n) is 7.70. The van der Waals surface area contributed by atoms with E-state index in [1.165, 1.54) is 62.9 Å². The molecule has 1 atom stereocenters. The van der Waals surface area contributed by atoms with Gasteiger partial charge < -0.3 is 5.11 Å². The number of alkyl halides is 1. The lowest BCUT2D eigenvalue weighted by molar-refractivity contribution is 0.178. The van der Waals surface area contributed by atoms with Gasteiger partial charge in [-0.1, -0.05) is 48.0 Å². The van der Waals surface area contributed by atoms with Crippen LogP contribution in [0.2, 0.25) is 0 Å². The van der Waals surface area contributed by atoms with Gasteiger partial charge in [0.05, 0.1) is 10.2 Å². The zero-order chi connectivity index (χ0) is 14.0. The third-order valence-electron chi connectivity index (χ3n) is 3.57. The summed E-state index contributed by atoms with van der Waals surface area (Å²) in [7, 11) is 0. The topological polar surface area (TPSA) is 20.2 Å². The molecule has 1 nitrogen and oxygen atoms in total. The summed E-state index contributed by atoms with van der Waals surface area (Å²) in [6.07, 6.45) is 11.6. The van der Waals surface area contributed by atoms with Crippen LogP contribution in [0.5, 0.6) is 0 Å². The molecule has 1 aliphatic heterocycles. The highest BCUT2D eigenvalue weighted by atomic mass is 79.9. The summed E-state index contributed by atoms with van der Waals surface area (Å²) < 4.78 is 0.322. The lowest BCUT2D eigenvalue weighted by Crippen LogP contribution is -2.29. The van der Waals surface area contributed by atoms with Gasteiger partial charge in [-0.25, -0.2) is 0 Å². The van der Waals surface area contributed by atoms with Crippen molar-refractivity contribution >= 4 is 39.5 Å². The van der Waals surface area contributed by atoms with E-state index in [9.17, 15) is 5.11 Å². The number of aliphatic hydroxyl groups is 1. The van der Waals surface area contributed by atoms with Gasteiger partial charge in [0, 0.05) is 5.33 Å². The Morgan fingerprint density at radius 3 is 2.21 bits per heavy atom. The van der Waals surface area contributed by atoms with Crippen LogP contribution < -0.4 is 0 Å². The molecule has 1 saturated heterocycles. The molecule has 0 radical (unpaired) electrons. The van der Waals surface area contributed by atoms with Crippen molar-refractivity contribution in [1.82, 2.24) is 0 Å². The van der Waals surface area contributed by atoms with Crippen LogP contribution in [0.1, 0.15) is 64.7 Å². The minimum atomic E-state index is -0.156. The van der Waals surface area contributed by atoms with Gasteiger partial charge in [-0.3, -0.25) is 0 Å². The fourth-order valence-electron chi connectivity index (χ4n) is 2.63. The SMILES string of the molecule is C[C@H](O)CC1(CCCCCCCCBr)SCCCS1. The van der Waals surface area contributed by atoms with E-state index in [4.69, 9.17) is 0 Å². The van der Waals surface area contributed by atoms with Gasteiger partial charge in [0.25, 0.3) is 0 Å². The van der Waals surface area contributed by atoms with E-state index in [1.54, 1.807) is 0 Å². The highest BCUT2D eigenvalue weighted by Gasteiger charge is 2.34. The van der Waals surface area contributed by atoms with Crippen molar-refractivity contribution in [2.75, 3.05) is 16.8 Å². The Hall–Kier alpha value is 1.14. The summed E-state index contributed by atoms with van der Waals surface area (Å²) in [5.41, 5.74) is 0. The maximum atomic E-state index is 9.74. The van der Waals surface area contributed by atoms with Crippen molar-refractivity contribution in [2.45, 2.75) is 74.9 Å². The van der Waals surface area contributed by atoms with Crippen LogP contribution in [-0.4, -0.2) is 32.1 Å². The molecule has 0 aliphatic carbocycles. The van der Waals surface area contributed by atoms with E-state index in [1.807, 2.05) is 6.92 Å². The molecule has 0 aromatic carbocycles. The Labute approximate surface area is 136 Å². The van der Waals surface area contributed by atoms with E-state index in [0.29, 0.717) is 4.08 Å². The quantitative estimate of drug-likeness (QED) is 0.408. The molecule has 4 heteroatoms. The lowest BCUT2D eigenvalue weighted by atomic mass is 10.1. The molecule has 0 bridgehead atoms. The summed E-state index contributed by atoms with van der Waals surface area (Å²) in [4.78, 5) is 0. The molecule has 0 spiro atoms. The second-order valence-electron chi connectivity index (χ2n) is 5.57. The molecule has 0 amide bonds.